The molecule has 0 aliphatic heterocycles. The van der Waals surface area contributed by atoms with Gasteiger partial charge in [-0.3, -0.25) is 4.90 Å². The SMILES string of the molecule is COC(=O)N(C)c1ccc(Nc2ccc(C#N)cn2)cc1. The summed E-state index contributed by atoms with van der Waals surface area (Å²) in [4.78, 5) is 16.9. The van der Waals surface area contributed by atoms with Gasteiger partial charge in [0.1, 0.15) is 11.9 Å². The van der Waals surface area contributed by atoms with Crippen molar-refractivity contribution in [1.29, 1.82) is 5.26 Å². The summed E-state index contributed by atoms with van der Waals surface area (Å²) in [5.41, 5.74) is 2.06. The first-order valence-electron chi connectivity index (χ1n) is 6.19. The van der Waals surface area contributed by atoms with Crippen molar-refractivity contribution in [3.63, 3.8) is 0 Å². The lowest BCUT2D eigenvalue weighted by Crippen LogP contribution is -2.25. The van der Waals surface area contributed by atoms with Gasteiger partial charge in [0.25, 0.3) is 0 Å². The lowest BCUT2D eigenvalue weighted by Gasteiger charge is -2.16. The van der Waals surface area contributed by atoms with E-state index < -0.39 is 6.09 Å². The van der Waals surface area contributed by atoms with Crippen LogP contribution in [0, 0.1) is 11.3 Å². The summed E-state index contributed by atoms with van der Waals surface area (Å²) in [6.07, 6.45) is 1.08. The summed E-state index contributed by atoms with van der Waals surface area (Å²) in [7, 11) is 2.97. The summed E-state index contributed by atoms with van der Waals surface area (Å²) in [5.74, 6) is 0.642. The number of anilines is 3. The molecule has 0 bridgehead atoms. The Morgan fingerprint density at radius 1 is 1.29 bits per heavy atom. The van der Waals surface area contributed by atoms with Crippen LogP contribution in [0.5, 0.6) is 0 Å². The highest BCUT2D eigenvalue weighted by Gasteiger charge is 2.10. The lowest BCUT2D eigenvalue weighted by molar-refractivity contribution is 0.180. The van der Waals surface area contributed by atoms with Gasteiger partial charge in [0.2, 0.25) is 0 Å². The van der Waals surface area contributed by atoms with Crippen LogP contribution in [0.2, 0.25) is 0 Å². The van der Waals surface area contributed by atoms with Gasteiger partial charge >= 0.3 is 6.09 Å². The number of ether oxygens (including phenoxy) is 1. The molecule has 2 aromatic rings. The summed E-state index contributed by atoms with van der Waals surface area (Å²) in [6, 6.07) is 12.7. The molecule has 6 nitrogen and oxygen atoms in total. The molecule has 0 aliphatic carbocycles. The predicted octanol–water partition coefficient (Wildman–Crippen LogP) is 2.90. The van der Waals surface area contributed by atoms with E-state index in [1.165, 1.54) is 18.2 Å². The number of nitrogens with zero attached hydrogens (tertiary/aromatic N) is 3. The molecule has 1 N–H and O–H groups in total. The Kier molecular flexibility index (Phi) is 4.36. The largest absolute Gasteiger partial charge is 0.452 e. The van der Waals surface area contributed by atoms with E-state index in [9.17, 15) is 4.79 Å². The molecule has 0 saturated heterocycles. The standard InChI is InChI=1S/C15H14N4O2/c1-19(15(20)21-2)13-6-4-12(5-7-13)18-14-8-3-11(9-16)10-17-14/h3-8,10H,1-2H3,(H,17,18). The molecule has 2 rings (SSSR count). The molecule has 1 aromatic heterocycles. The van der Waals surface area contributed by atoms with Crippen LogP contribution in [0.15, 0.2) is 42.6 Å². The minimum atomic E-state index is -0.426. The van der Waals surface area contributed by atoms with E-state index in [2.05, 4.69) is 15.0 Å². The van der Waals surface area contributed by atoms with Crippen LogP contribution in [0.3, 0.4) is 0 Å². The molecule has 0 spiro atoms. The number of rotatable bonds is 3. The Hall–Kier alpha value is -3.07. The summed E-state index contributed by atoms with van der Waals surface area (Å²) in [5, 5.41) is 11.8. The molecule has 21 heavy (non-hydrogen) atoms. The molecular weight excluding hydrogens is 268 g/mol. The van der Waals surface area contributed by atoms with E-state index in [0.717, 1.165) is 11.4 Å². The van der Waals surface area contributed by atoms with Crippen LogP contribution < -0.4 is 10.2 Å². The lowest BCUT2D eigenvalue weighted by atomic mass is 10.2. The molecule has 0 unspecified atom stereocenters. The van der Waals surface area contributed by atoms with E-state index in [1.54, 1.807) is 31.3 Å². The number of hydrogen-bond acceptors (Lipinski definition) is 5. The van der Waals surface area contributed by atoms with Gasteiger partial charge in [-0.25, -0.2) is 9.78 Å². The fourth-order valence-electron chi connectivity index (χ4n) is 1.69. The summed E-state index contributed by atoms with van der Waals surface area (Å²) < 4.78 is 4.65. The molecule has 1 heterocycles. The van der Waals surface area contributed by atoms with E-state index in [4.69, 9.17) is 5.26 Å². The first-order chi connectivity index (χ1) is 10.1. The Morgan fingerprint density at radius 3 is 2.52 bits per heavy atom. The van der Waals surface area contributed by atoms with E-state index >= 15 is 0 Å². The third-order valence-electron chi connectivity index (χ3n) is 2.87. The number of amides is 1. The van der Waals surface area contributed by atoms with Crippen molar-refractivity contribution in [2.45, 2.75) is 0 Å². The van der Waals surface area contributed by atoms with Gasteiger partial charge in [0.05, 0.1) is 12.7 Å². The molecule has 0 fully saturated rings. The number of pyridine rings is 1. The van der Waals surface area contributed by atoms with Crippen molar-refractivity contribution in [3.8, 4) is 6.07 Å². The summed E-state index contributed by atoms with van der Waals surface area (Å²) in [6.45, 7) is 0. The second kappa shape index (κ2) is 6.39. The first kappa shape index (κ1) is 14.3. The van der Waals surface area contributed by atoms with Gasteiger partial charge in [-0.05, 0) is 36.4 Å². The highest BCUT2D eigenvalue weighted by molar-refractivity contribution is 5.87. The van der Waals surface area contributed by atoms with Crippen LogP contribution in [-0.2, 0) is 4.74 Å². The highest BCUT2D eigenvalue weighted by Crippen LogP contribution is 2.20. The van der Waals surface area contributed by atoms with Crippen LogP contribution >= 0.6 is 0 Å². The van der Waals surface area contributed by atoms with Gasteiger partial charge in [-0.1, -0.05) is 0 Å². The molecular formula is C15H14N4O2. The maximum absolute atomic E-state index is 11.4. The number of nitriles is 1. The van der Waals surface area contributed by atoms with Crippen LogP contribution in [-0.4, -0.2) is 25.2 Å². The maximum Gasteiger partial charge on any atom is 0.413 e. The monoisotopic (exact) mass is 282 g/mol. The van der Waals surface area contributed by atoms with Crippen LogP contribution in [0.25, 0.3) is 0 Å². The van der Waals surface area contributed by atoms with Crippen molar-refractivity contribution in [2.75, 3.05) is 24.4 Å². The van der Waals surface area contributed by atoms with Gasteiger partial charge < -0.3 is 10.1 Å². The number of carbonyl (C=O) groups excluding carboxylic acids is 1. The second-order valence-electron chi connectivity index (χ2n) is 4.24. The van der Waals surface area contributed by atoms with Crippen molar-refractivity contribution in [2.24, 2.45) is 0 Å². The Bertz CT molecular complexity index is 660. The number of benzene rings is 1. The second-order valence-corrected chi connectivity index (χ2v) is 4.24. The maximum atomic E-state index is 11.4. The Morgan fingerprint density at radius 2 is 2.00 bits per heavy atom. The number of methoxy groups -OCH3 is 1. The molecule has 0 saturated carbocycles. The van der Waals surface area contributed by atoms with E-state index in [0.29, 0.717) is 11.4 Å². The van der Waals surface area contributed by atoms with Crippen LogP contribution in [0.4, 0.5) is 22.0 Å². The van der Waals surface area contributed by atoms with E-state index in [1.807, 2.05) is 18.2 Å². The number of aromatic nitrogens is 1. The topological polar surface area (TPSA) is 78.2 Å². The molecule has 6 heteroatoms. The zero-order valence-electron chi connectivity index (χ0n) is 11.7. The first-order valence-corrected chi connectivity index (χ1v) is 6.19. The normalized spacial score (nSPS) is 9.57. The number of hydrogen-bond donors (Lipinski definition) is 1. The van der Waals surface area contributed by atoms with Crippen molar-refractivity contribution < 1.29 is 9.53 Å². The molecule has 1 amide bonds. The highest BCUT2D eigenvalue weighted by atomic mass is 16.5. The predicted molar refractivity (Wildman–Crippen MR) is 79.5 cm³/mol. The quantitative estimate of drug-likeness (QED) is 0.936. The van der Waals surface area contributed by atoms with E-state index in [-0.39, 0.29) is 0 Å². The van der Waals surface area contributed by atoms with Gasteiger partial charge in [0.15, 0.2) is 0 Å². The smallest absolute Gasteiger partial charge is 0.413 e. The van der Waals surface area contributed by atoms with Crippen molar-refractivity contribution >= 4 is 23.3 Å². The fraction of sp³-hybridized carbons (Fsp3) is 0.133. The average molecular weight is 282 g/mol. The average Bonchev–Trinajstić information content (AvgIpc) is 2.55. The summed E-state index contributed by atoms with van der Waals surface area (Å²) >= 11 is 0. The third-order valence-corrected chi connectivity index (χ3v) is 2.87. The molecule has 106 valence electrons. The van der Waals surface area contributed by atoms with Crippen LogP contribution in [0.1, 0.15) is 5.56 Å². The van der Waals surface area contributed by atoms with Gasteiger partial charge in [-0.2, -0.15) is 5.26 Å². The van der Waals surface area contributed by atoms with Gasteiger partial charge in [-0.15, -0.1) is 0 Å². The minimum Gasteiger partial charge on any atom is -0.452 e. The minimum absolute atomic E-state index is 0.426. The van der Waals surface area contributed by atoms with Gasteiger partial charge in [0, 0.05) is 24.6 Å². The number of carbonyl (C=O) groups is 1. The molecule has 0 radical (unpaired) electrons. The zero-order chi connectivity index (χ0) is 15.2. The van der Waals surface area contributed by atoms with Crippen molar-refractivity contribution in [3.05, 3.63) is 48.2 Å². The molecule has 0 aliphatic rings. The zero-order valence-corrected chi connectivity index (χ0v) is 11.7. The Labute approximate surface area is 122 Å². The molecule has 0 atom stereocenters. The third kappa shape index (κ3) is 3.48. The fourth-order valence-corrected chi connectivity index (χ4v) is 1.69. The van der Waals surface area contributed by atoms with Crippen molar-refractivity contribution in [1.82, 2.24) is 4.98 Å². The Balaban J connectivity index is 2.08. The molecule has 1 aromatic carbocycles. The number of nitrogens with one attached hydrogen (secondary N) is 1.